The first-order valence-electron chi connectivity index (χ1n) is 13.3. The van der Waals surface area contributed by atoms with E-state index < -0.39 is 5.41 Å². The van der Waals surface area contributed by atoms with Crippen LogP contribution in [-0.2, 0) is 24.5 Å². The fraction of sp³-hybridized carbons (Fsp3) is 0.303. The number of nitrogens with zero attached hydrogens (tertiary/aromatic N) is 1. The summed E-state index contributed by atoms with van der Waals surface area (Å²) in [6, 6.07) is 11.0. The highest BCUT2D eigenvalue weighted by Gasteiger charge is 2.52. The summed E-state index contributed by atoms with van der Waals surface area (Å²) >= 11 is 1.37. The molecular weight excluding hydrogens is 539 g/mol. The molecule has 0 atom stereocenters. The molecule has 6 nitrogen and oxygen atoms in total. The number of carbonyl (C=O) groups is 2. The lowest BCUT2D eigenvalue weighted by molar-refractivity contribution is -0.143. The van der Waals surface area contributed by atoms with E-state index >= 15 is 4.39 Å². The predicted molar refractivity (Wildman–Crippen MR) is 165 cm³/mol. The number of nitrogens with one attached hydrogen (secondary N) is 1. The molecule has 3 aromatic rings. The van der Waals surface area contributed by atoms with Gasteiger partial charge in [-0.05, 0) is 92.0 Å². The second kappa shape index (κ2) is 14.0. The molecule has 0 bridgehead atoms. The van der Waals surface area contributed by atoms with E-state index in [1.54, 1.807) is 12.1 Å². The molecule has 1 heterocycles. The Morgan fingerprint density at radius 1 is 1.20 bits per heavy atom. The number of aryl methyl sites for hydroxylation is 2. The van der Waals surface area contributed by atoms with Gasteiger partial charge in [0.1, 0.15) is 12.4 Å². The van der Waals surface area contributed by atoms with Crippen LogP contribution in [0.2, 0.25) is 0 Å². The van der Waals surface area contributed by atoms with Crippen LogP contribution in [0.25, 0.3) is 21.6 Å². The number of esters is 1. The summed E-state index contributed by atoms with van der Waals surface area (Å²) in [6.45, 7) is 12.2. The van der Waals surface area contributed by atoms with Gasteiger partial charge in [-0.1, -0.05) is 49.1 Å². The van der Waals surface area contributed by atoms with Crippen LogP contribution in [0.4, 0.5) is 10.1 Å². The largest absolute Gasteiger partial charge is 0.468 e. The van der Waals surface area contributed by atoms with E-state index in [0.29, 0.717) is 18.6 Å². The van der Waals surface area contributed by atoms with Crippen LogP contribution in [0.15, 0.2) is 72.4 Å². The minimum atomic E-state index is -0.515. The summed E-state index contributed by atoms with van der Waals surface area (Å²) in [7, 11) is 3.27. The molecule has 1 N–H and O–H groups in total. The van der Waals surface area contributed by atoms with Gasteiger partial charge in [0, 0.05) is 18.2 Å². The molecule has 4 rings (SSSR count). The molecular formula is C33H37FN2O4S. The zero-order valence-corrected chi connectivity index (χ0v) is 25.3. The molecule has 1 aliphatic rings. The van der Waals surface area contributed by atoms with Crippen molar-refractivity contribution in [2.45, 2.75) is 46.0 Å². The lowest BCUT2D eigenvalue weighted by atomic mass is 9.92. The Morgan fingerprint density at radius 2 is 1.88 bits per heavy atom. The van der Waals surface area contributed by atoms with E-state index in [1.165, 1.54) is 18.6 Å². The van der Waals surface area contributed by atoms with Crippen LogP contribution >= 0.6 is 11.5 Å². The quantitative estimate of drug-likeness (QED) is 0.151. The number of hydrogen-bond acceptors (Lipinski definition) is 7. The maximum absolute atomic E-state index is 15.1. The number of aromatic nitrogens is 1. The molecule has 216 valence electrons. The fourth-order valence-electron chi connectivity index (χ4n) is 4.64. The van der Waals surface area contributed by atoms with Gasteiger partial charge >= 0.3 is 5.97 Å². The number of anilines is 1. The van der Waals surface area contributed by atoms with Crippen molar-refractivity contribution in [1.29, 1.82) is 0 Å². The predicted octanol–water partition coefficient (Wildman–Crippen LogP) is 7.72. The van der Waals surface area contributed by atoms with Crippen molar-refractivity contribution in [3.8, 4) is 21.6 Å². The third-order valence-corrected chi connectivity index (χ3v) is 8.28. The SMILES string of the molecule is C=C/C=C(COC=O)\C(C)=C/C.CNc1c(C)nsc1-c1cc(F)c(-c2ccc(C3(C(=O)OC)CC3)cc2)cc1C. The van der Waals surface area contributed by atoms with Gasteiger partial charge in [-0.25, -0.2) is 4.39 Å². The second-order valence-corrected chi connectivity index (χ2v) is 10.6. The number of rotatable bonds is 10. The van der Waals surface area contributed by atoms with Crippen molar-refractivity contribution in [2.24, 2.45) is 0 Å². The Kier molecular flexibility index (Phi) is 10.8. The van der Waals surface area contributed by atoms with Crippen molar-refractivity contribution in [3.05, 3.63) is 95.0 Å². The topological polar surface area (TPSA) is 77.5 Å². The Bertz CT molecular complexity index is 1470. The van der Waals surface area contributed by atoms with Gasteiger partial charge in [0.15, 0.2) is 0 Å². The average molecular weight is 577 g/mol. The van der Waals surface area contributed by atoms with Crippen LogP contribution in [0.5, 0.6) is 0 Å². The van der Waals surface area contributed by atoms with Crippen molar-refractivity contribution < 1.29 is 23.5 Å². The molecule has 1 aromatic heterocycles. The lowest BCUT2D eigenvalue weighted by Gasteiger charge is -2.14. The third kappa shape index (κ3) is 7.00. The second-order valence-electron chi connectivity index (χ2n) is 9.83. The molecule has 41 heavy (non-hydrogen) atoms. The zero-order valence-electron chi connectivity index (χ0n) is 24.5. The van der Waals surface area contributed by atoms with E-state index in [0.717, 1.165) is 62.5 Å². The van der Waals surface area contributed by atoms with E-state index in [2.05, 4.69) is 21.0 Å². The Morgan fingerprint density at radius 3 is 2.41 bits per heavy atom. The van der Waals surface area contributed by atoms with Crippen molar-refractivity contribution in [3.63, 3.8) is 0 Å². The van der Waals surface area contributed by atoms with Gasteiger partial charge in [-0.3, -0.25) is 9.59 Å². The number of ether oxygens (including phenoxy) is 2. The van der Waals surface area contributed by atoms with Crippen LogP contribution in [0.3, 0.4) is 0 Å². The van der Waals surface area contributed by atoms with Crippen LogP contribution in [0.1, 0.15) is 43.5 Å². The number of benzene rings is 2. The molecule has 1 saturated carbocycles. The highest BCUT2D eigenvalue weighted by Crippen LogP contribution is 2.49. The Labute approximate surface area is 245 Å². The number of allylic oxidation sites excluding steroid dienone is 3. The zero-order chi connectivity index (χ0) is 30.2. The minimum Gasteiger partial charge on any atom is -0.468 e. The summed E-state index contributed by atoms with van der Waals surface area (Å²) in [5, 5.41) is 3.16. The lowest BCUT2D eigenvalue weighted by Crippen LogP contribution is -2.21. The molecule has 1 fully saturated rings. The molecule has 2 aromatic carbocycles. The third-order valence-electron chi connectivity index (χ3n) is 7.31. The first-order valence-corrected chi connectivity index (χ1v) is 14.1. The molecule has 8 heteroatoms. The van der Waals surface area contributed by atoms with E-state index in [4.69, 9.17) is 4.74 Å². The number of methoxy groups -OCH3 is 1. The van der Waals surface area contributed by atoms with Crippen LogP contribution in [-0.4, -0.2) is 37.6 Å². The van der Waals surface area contributed by atoms with E-state index in [-0.39, 0.29) is 11.8 Å². The molecule has 0 unspecified atom stereocenters. The maximum atomic E-state index is 15.1. The number of carbonyl (C=O) groups excluding carboxylic acids is 2. The first kappa shape index (κ1) is 31.5. The van der Waals surface area contributed by atoms with Gasteiger partial charge < -0.3 is 14.8 Å². The van der Waals surface area contributed by atoms with Gasteiger partial charge in [0.2, 0.25) is 0 Å². The minimum absolute atomic E-state index is 0.197. The standard InChI is InChI=1S/C23H23FN2O2S.C10H14O2/c1-13-11-18(19(24)12-17(13)21-20(25-3)14(2)26-29-21)15-5-7-16(8-6-15)23(9-10-23)22(27)28-4;1-4-6-10(7-12-8-11)9(3)5-2/h5-8,11-12,25H,9-10H2,1-4H3;4-6,8H,1,7H2,2-3H3/b;9-5-,10-6-. The normalized spacial score (nSPS) is 13.9. The molecule has 0 saturated heterocycles. The average Bonchev–Trinajstić information content (AvgIpc) is 3.72. The summed E-state index contributed by atoms with van der Waals surface area (Å²) in [6.07, 6.45) is 7.06. The first-order chi connectivity index (χ1) is 19.7. The van der Waals surface area contributed by atoms with Gasteiger partial charge in [-0.15, -0.1) is 0 Å². The van der Waals surface area contributed by atoms with Gasteiger partial charge in [0.05, 0.1) is 28.8 Å². The Hall–Kier alpha value is -4.04. The molecule has 1 aliphatic carbocycles. The van der Waals surface area contributed by atoms with Crippen LogP contribution in [0, 0.1) is 19.7 Å². The van der Waals surface area contributed by atoms with E-state index in [1.807, 2.05) is 77.2 Å². The van der Waals surface area contributed by atoms with Crippen molar-refractivity contribution in [2.75, 3.05) is 26.1 Å². The summed E-state index contributed by atoms with van der Waals surface area (Å²) < 4.78 is 29.0. The maximum Gasteiger partial charge on any atom is 0.316 e. The smallest absolute Gasteiger partial charge is 0.316 e. The van der Waals surface area contributed by atoms with Gasteiger partial charge in [-0.2, -0.15) is 4.37 Å². The highest BCUT2D eigenvalue weighted by atomic mass is 32.1. The monoisotopic (exact) mass is 576 g/mol. The molecule has 0 amide bonds. The highest BCUT2D eigenvalue weighted by molar-refractivity contribution is 7.10. The number of halogens is 1. The van der Waals surface area contributed by atoms with Crippen molar-refractivity contribution in [1.82, 2.24) is 4.37 Å². The van der Waals surface area contributed by atoms with E-state index in [9.17, 15) is 9.59 Å². The van der Waals surface area contributed by atoms with Crippen molar-refractivity contribution >= 4 is 29.7 Å². The molecule has 0 radical (unpaired) electrons. The summed E-state index contributed by atoms with van der Waals surface area (Å²) in [5.74, 6) is -0.475. The molecule has 0 spiro atoms. The van der Waals surface area contributed by atoms with Crippen LogP contribution < -0.4 is 5.32 Å². The van der Waals surface area contributed by atoms with Gasteiger partial charge in [0.25, 0.3) is 6.47 Å². The number of hydrogen-bond donors (Lipinski definition) is 1. The summed E-state index contributed by atoms with van der Waals surface area (Å²) in [5.41, 5.74) is 7.50. The fourth-order valence-corrected chi connectivity index (χ4v) is 5.62. The molecule has 0 aliphatic heterocycles. The Balaban J connectivity index is 0.000000327. The summed E-state index contributed by atoms with van der Waals surface area (Å²) in [4.78, 5) is 23.0.